The molecule has 1 aliphatic heterocycles. The summed E-state index contributed by atoms with van der Waals surface area (Å²) in [5, 5.41) is 5.75. The normalized spacial score (nSPS) is 18.7. The molecule has 5 nitrogen and oxygen atoms in total. The van der Waals surface area contributed by atoms with Gasteiger partial charge in [-0.3, -0.25) is 9.59 Å². The third-order valence-corrected chi connectivity index (χ3v) is 4.24. The summed E-state index contributed by atoms with van der Waals surface area (Å²) in [5.74, 6) is -0.0539. The Morgan fingerprint density at radius 3 is 2.45 bits per heavy atom. The van der Waals surface area contributed by atoms with Crippen LogP contribution >= 0.6 is 12.2 Å². The predicted molar refractivity (Wildman–Crippen MR) is 83.2 cm³/mol. The van der Waals surface area contributed by atoms with Gasteiger partial charge >= 0.3 is 0 Å². The summed E-state index contributed by atoms with van der Waals surface area (Å²) in [6.45, 7) is 4.49. The Morgan fingerprint density at radius 2 is 2.05 bits per heavy atom. The van der Waals surface area contributed by atoms with Crippen LogP contribution in [0.2, 0.25) is 0 Å². The van der Waals surface area contributed by atoms with Crippen LogP contribution in [0.1, 0.15) is 52.4 Å². The van der Waals surface area contributed by atoms with E-state index in [1.54, 1.807) is 0 Å². The zero-order chi connectivity index (χ0) is 15.2. The molecule has 1 saturated heterocycles. The van der Waals surface area contributed by atoms with Gasteiger partial charge in [0.15, 0.2) is 0 Å². The maximum absolute atomic E-state index is 12.5. The summed E-state index contributed by atoms with van der Waals surface area (Å²) in [4.78, 5) is 23.9. The van der Waals surface area contributed by atoms with Crippen molar-refractivity contribution in [3.05, 3.63) is 0 Å². The quantitative estimate of drug-likeness (QED) is 0.589. The first kappa shape index (κ1) is 16.9. The van der Waals surface area contributed by atoms with Crippen LogP contribution < -0.4 is 16.4 Å². The number of amides is 2. The molecule has 1 unspecified atom stereocenters. The minimum Gasteiger partial charge on any atom is -0.392 e. The lowest BCUT2D eigenvalue weighted by Crippen LogP contribution is -2.51. The smallest absolute Gasteiger partial charge is 0.233 e. The van der Waals surface area contributed by atoms with Crippen LogP contribution in [0.15, 0.2) is 0 Å². The number of rotatable bonds is 8. The Bertz CT molecular complexity index is 379. The van der Waals surface area contributed by atoms with Gasteiger partial charge in [-0.05, 0) is 19.3 Å². The molecule has 114 valence electrons. The lowest BCUT2D eigenvalue weighted by Gasteiger charge is -2.31. The van der Waals surface area contributed by atoms with Crippen molar-refractivity contribution in [2.45, 2.75) is 58.4 Å². The SMILES string of the molecule is CCCC(CCC)(C(=O)NCC1CCC(=O)N1)C(N)=S. The molecule has 1 rings (SSSR count). The van der Waals surface area contributed by atoms with E-state index in [1.165, 1.54) is 0 Å². The molecule has 0 spiro atoms. The second kappa shape index (κ2) is 7.57. The van der Waals surface area contributed by atoms with Crippen LogP contribution in [0.25, 0.3) is 0 Å². The van der Waals surface area contributed by atoms with Crippen LogP contribution in [0.5, 0.6) is 0 Å². The third kappa shape index (κ3) is 3.91. The summed E-state index contributed by atoms with van der Waals surface area (Å²) < 4.78 is 0. The van der Waals surface area contributed by atoms with Crippen molar-refractivity contribution in [2.75, 3.05) is 6.54 Å². The second-order valence-corrected chi connectivity index (χ2v) is 5.90. The van der Waals surface area contributed by atoms with Crippen molar-refractivity contribution in [3.63, 3.8) is 0 Å². The largest absolute Gasteiger partial charge is 0.392 e. The van der Waals surface area contributed by atoms with Crippen molar-refractivity contribution in [2.24, 2.45) is 11.1 Å². The van der Waals surface area contributed by atoms with Gasteiger partial charge in [0.05, 0.1) is 10.4 Å². The molecule has 1 fully saturated rings. The highest BCUT2D eigenvalue weighted by atomic mass is 32.1. The molecule has 0 aliphatic carbocycles. The van der Waals surface area contributed by atoms with Crippen molar-refractivity contribution in [1.29, 1.82) is 0 Å². The number of nitrogens with one attached hydrogen (secondary N) is 2. The number of carbonyl (C=O) groups excluding carboxylic acids is 2. The summed E-state index contributed by atoms with van der Waals surface area (Å²) in [7, 11) is 0. The van der Waals surface area contributed by atoms with E-state index in [-0.39, 0.29) is 22.8 Å². The van der Waals surface area contributed by atoms with Crippen LogP contribution in [-0.2, 0) is 9.59 Å². The first-order valence-corrected chi connectivity index (χ1v) is 7.74. The Labute approximate surface area is 126 Å². The standard InChI is InChI=1S/C14H25N3O2S/c1-3-7-14(8-4-2,12(15)20)13(19)16-9-10-5-6-11(18)17-10/h10H,3-9H2,1-2H3,(H2,15,20)(H,16,19)(H,17,18). The molecule has 2 amide bonds. The second-order valence-electron chi connectivity index (χ2n) is 5.46. The predicted octanol–water partition coefficient (Wildman–Crippen LogP) is 1.25. The zero-order valence-electron chi connectivity index (χ0n) is 12.3. The van der Waals surface area contributed by atoms with Crippen molar-refractivity contribution < 1.29 is 9.59 Å². The summed E-state index contributed by atoms with van der Waals surface area (Å²) in [6, 6.07) is 0.0266. The minimum atomic E-state index is -0.749. The van der Waals surface area contributed by atoms with E-state index in [4.69, 9.17) is 18.0 Å². The topological polar surface area (TPSA) is 84.2 Å². The van der Waals surface area contributed by atoms with Gasteiger partial charge < -0.3 is 16.4 Å². The van der Waals surface area contributed by atoms with E-state index in [0.29, 0.717) is 25.8 Å². The molecule has 0 aromatic carbocycles. The molecule has 0 aromatic heterocycles. The van der Waals surface area contributed by atoms with Crippen LogP contribution in [-0.4, -0.2) is 29.4 Å². The lowest BCUT2D eigenvalue weighted by molar-refractivity contribution is -0.128. The van der Waals surface area contributed by atoms with E-state index < -0.39 is 5.41 Å². The molecule has 4 N–H and O–H groups in total. The Hall–Kier alpha value is -1.17. The molecule has 0 saturated carbocycles. The fraction of sp³-hybridized carbons (Fsp3) is 0.786. The molecule has 20 heavy (non-hydrogen) atoms. The summed E-state index contributed by atoms with van der Waals surface area (Å²) in [5.41, 5.74) is 5.10. The molecule has 1 heterocycles. The van der Waals surface area contributed by atoms with Crippen molar-refractivity contribution >= 4 is 29.0 Å². The van der Waals surface area contributed by atoms with Gasteiger partial charge in [-0.25, -0.2) is 0 Å². The number of hydrogen-bond donors (Lipinski definition) is 3. The van der Waals surface area contributed by atoms with Crippen LogP contribution in [0.4, 0.5) is 0 Å². The summed E-state index contributed by atoms with van der Waals surface area (Å²) in [6.07, 6.45) is 4.33. The van der Waals surface area contributed by atoms with Crippen molar-refractivity contribution in [3.8, 4) is 0 Å². The van der Waals surface area contributed by atoms with Crippen molar-refractivity contribution in [1.82, 2.24) is 10.6 Å². The molecule has 1 aliphatic rings. The molecule has 6 heteroatoms. The highest BCUT2D eigenvalue weighted by Gasteiger charge is 2.40. The highest BCUT2D eigenvalue weighted by Crippen LogP contribution is 2.31. The highest BCUT2D eigenvalue weighted by molar-refractivity contribution is 7.80. The Morgan fingerprint density at radius 1 is 1.45 bits per heavy atom. The zero-order valence-corrected chi connectivity index (χ0v) is 13.1. The number of thiocarbonyl (C=S) groups is 1. The van der Waals surface area contributed by atoms with E-state index in [0.717, 1.165) is 19.3 Å². The van der Waals surface area contributed by atoms with Gasteiger partial charge in [0.1, 0.15) is 0 Å². The third-order valence-electron chi connectivity index (χ3n) is 3.85. The number of hydrogen-bond acceptors (Lipinski definition) is 3. The molecular weight excluding hydrogens is 274 g/mol. The first-order chi connectivity index (χ1) is 9.46. The van der Waals surface area contributed by atoms with Gasteiger partial charge in [-0.15, -0.1) is 0 Å². The Kier molecular flexibility index (Phi) is 6.39. The van der Waals surface area contributed by atoms with Gasteiger partial charge in [0.25, 0.3) is 0 Å². The van der Waals surface area contributed by atoms with Crippen LogP contribution in [0, 0.1) is 5.41 Å². The minimum absolute atomic E-state index is 0.0266. The monoisotopic (exact) mass is 299 g/mol. The lowest BCUT2D eigenvalue weighted by atomic mass is 9.78. The molecule has 0 bridgehead atoms. The van der Waals surface area contributed by atoms with Gasteiger partial charge in [-0.2, -0.15) is 0 Å². The van der Waals surface area contributed by atoms with E-state index in [9.17, 15) is 9.59 Å². The fourth-order valence-electron chi connectivity index (χ4n) is 2.78. The van der Waals surface area contributed by atoms with Gasteiger partial charge in [-0.1, -0.05) is 38.9 Å². The first-order valence-electron chi connectivity index (χ1n) is 7.33. The molecule has 1 atom stereocenters. The van der Waals surface area contributed by atoms with Crippen LogP contribution in [0.3, 0.4) is 0 Å². The average molecular weight is 299 g/mol. The number of nitrogens with two attached hydrogens (primary N) is 1. The maximum Gasteiger partial charge on any atom is 0.233 e. The molecular formula is C14H25N3O2S. The fourth-order valence-corrected chi connectivity index (χ4v) is 3.08. The van der Waals surface area contributed by atoms with E-state index >= 15 is 0 Å². The van der Waals surface area contributed by atoms with E-state index in [1.807, 2.05) is 13.8 Å². The summed E-state index contributed by atoms with van der Waals surface area (Å²) >= 11 is 5.15. The molecule has 0 radical (unpaired) electrons. The molecule has 0 aromatic rings. The number of carbonyl (C=O) groups is 2. The van der Waals surface area contributed by atoms with Gasteiger partial charge in [0.2, 0.25) is 11.8 Å². The average Bonchev–Trinajstić information content (AvgIpc) is 2.81. The Balaban J connectivity index is 2.67. The maximum atomic E-state index is 12.5. The van der Waals surface area contributed by atoms with Gasteiger partial charge in [0, 0.05) is 19.0 Å². The van der Waals surface area contributed by atoms with E-state index in [2.05, 4.69) is 10.6 Å².